The van der Waals surface area contributed by atoms with Crippen molar-refractivity contribution in [3.05, 3.63) is 0 Å². The highest BCUT2D eigenvalue weighted by atomic mass is 27.1. The van der Waals surface area contributed by atoms with Crippen LogP contribution in [0.5, 0.6) is 0 Å². The van der Waals surface area contributed by atoms with E-state index in [1.165, 1.54) is 89.9 Å². The van der Waals surface area contributed by atoms with Crippen molar-refractivity contribution in [3.63, 3.8) is 0 Å². The SMILES string of the molecule is CCCCCCCCC[CH2][AlH][CH2]CCCCCCCCC.[HH]. The molecule has 1 heteroatoms. The van der Waals surface area contributed by atoms with Gasteiger partial charge in [-0.05, 0) is 0 Å². The fourth-order valence-electron chi connectivity index (χ4n) is 3.15. The Hall–Kier alpha value is 0.532. The second-order valence-corrected chi connectivity index (χ2v) is 9.13. The zero-order valence-electron chi connectivity index (χ0n) is 15.4. The van der Waals surface area contributed by atoms with E-state index in [0.29, 0.717) is 15.2 Å². The van der Waals surface area contributed by atoms with Gasteiger partial charge < -0.3 is 0 Å². The van der Waals surface area contributed by atoms with Gasteiger partial charge in [-0.3, -0.25) is 0 Å². The van der Waals surface area contributed by atoms with Gasteiger partial charge in [-0.15, -0.1) is 0 Å². The van der Waals surface area contributed by atoms with Crippen LogP contribution in [-0.2, 0) is 0 Å². The molecule has 0 fully saturated rings. The van der Waals surface area contributed by atoms with Crippen LogP contribution in [0.15, 0.2) is 0 Å². The van der Waals surface area contributed by atoms with E-state index in [4.69, 9.17) is 0 Å². The summed E-state index contributed by atoms with van der Waals surface area (Å²) in [5.74, 6) is 0. The summed E-state index contributed by atoms with van der Waals surface area (Å²) in [5.41, 5.74) is 0. The zero-order chi connectivity index (χ0) is 15.4. The zero-order valence-corrected chi connectivity index (χ0v) is 16.8. The first kappa shape index (κ1) is 21.5. The van der Waals surface area contributed by atoms with Gasteiger partial charge in [-0.2, -0.15) is 0 Å². The van der Waals surface area contributed by atoms with E-state index in [0.717, 1.165) is 0 Å². The summed E-state index contributed by atoms with van der Waals surface area (Å²) < 4.78 is 0. The normalized spacial score (nSPS) is 11.0. The van der Waals surface area contributed by atoms with Gasteiger partial charge in [-0.1, -0.05) is 127 Å². The molecule has 0 aromatic carbocycles. The number of rotatable bonds is 18. The van der Waals surface area contributed by atoms with Crippen LogP contribution in [0, 0.1) is 0 Å². The highest BCUT2D eigenvalue weighted by Gasteiger charge is 1.96. The highest BCUT2D eigenvalue weighted by molar-refractivity contribution is 6.35. The lowest BCUT2D eigenvalue weighted by Crippen LogP contribution is -1.90. The Morgan fingerprint density at radius 2 is 0.714 bits per heavy atom. The minimum absolute atomic E-state index is 0. The molecule has 0 heterocycles. The minimum Gasteiger partial charge on any atom is -0.0972 e. The van der Waals surface area contributed by atoms with E-state index < -0.39 is 0 Å². The first-order valence-corrected chi connectivity index (χ1v) is 12.4. The molecule has 0 unspecified atom stereocenters. The van der Waals surface area contributed by atoms with Crippen LogP contribution in [0.25, 0.3) is 0 Å². The maximum Gasteiger partial charge on any atom is 0.236 e. The summed E-state index contributed by atoms with van der Waals surface area (Å²) in [4.78, 5) is 0. The van der Waals surface area contributed by atoms with Crippen LogP contribution in [0.1, 0.15) is 118 Å². The summed E-state index contributed by atoms with van der Waals surface area (Å²) in [5, 5.41) is 3.26. The van der Waals surface area contributed by atoms with E-state index in [-0.39, 0.29) is 1.43 Å². The Morgan fingerprint density at radius 3 is 1.05 bits per heavy atom. The topological polar surface area (TPSA) is 0 Å². The van der Waals surface area contributed by atoms with Gasteiger partial charge in [-0.25, -0.2) is 0 Å². The fraction of sp³-hybridized carbons (Fsp3) is 1.00. The number of hydrogen-bond donors (Lipinski definition) is 0. The largest absolute Gasteiger partial charge is 0.236 e. The average molecular weight is 313 g/mol. The molecule has 0 spiro atoms. The average Bonchev–Trinajstić information content (AvgIpc) is 2.50. The van der Waals surface area contributed by atoms with Crippen LogP contribution < -0.4 is 0 Å². The molecule has 128 valence electrons. The van der Waals surface area contributed by atoms with Gasteiger partial charge in [0.2, 0.25) is 15.2 Å². The second-order valence-electron chi connectivity index (χ2n) is 7.01. The molecule has 0 N–H and O–H groups in total. The molecule has 0 radical (unpaired) electrons. The van der Waals surface area contributed by atoms with Crippen molar-refractivity contribution < 1.29 is 1.43 Å². The smallest absolute Gasteiger partial charge is 0.0972 e. The van der Waals surface area contributed by atoms with Gasteiger partial charge >= 0.3 is 0 Å². The molecule has 0 amide bonds. The van der Waals surface area contributed by atoms with E-state index in [2.05, 4.69) is 13.8 Å². The van der Waals surface area contributed by atoms with Gasteiger partial charge in [0.25, 0.3) is 0 Å². The molecule has 0 saturated carbocycles. The van der Waals surface area contributed by atoms with E-state index >= 15 is 0 Å². The van der Waals surface area contributed by atoms with Crippen LogP contribution in [-0.4, -0.2) is 15.2 Å². The van der Waals surface area contributed by atoms with Crippen molar-refractivity contribution in [2.75, 3.05) is 0 Å². The van der Waals surface area contributed by atoms with Gasteiger partial charge in [0.05, 0.1) is 0 Å². The highest BCUT2D eigenvalue weighted by Crippen LogP contribution is 2.12. The van der Waals surface area contributed by atoms with Crippen LogP contribution >= 0.6 is 0 Å². The van der Waals surface area contributed by atoms with Crippen molar-refractivity contribution in [1.29, 1.82) is 0 Å². The molecule has 0 aliphatic rings. The van der Waals surface area contributed by atoms with Gasteiger partial charge in [0.15, 0.2) is 0 Å². The molecule has 21 heavy (non-hydrogen) atoms. The quantitative estimate of drug-likeness (QED) is 0.179. The van der Waals surface area contributed by atoms with Crippen LogP contribution in [0.3, 0.4) is 0 Å². The third-order valence-corrected chi connectivity index (χ3v) is 6.71. The summed E-state index contributed by atoms with van der Waals surface area (Å²) in [6.45, 7) is 4.61. The molecule has 0 saturated heterocycles. The first-order chi connectivity index (χ1) is 10.4. The molecule has 0 nitrogen and oxygen atoms in total. The lowest BCUT2D eigenvalue weighted by Gasteiger charge is -2.02. The molecule has 0 aromatic heterocycles. The Balaban J connectivity index is 0. The van der Waals surface area contributed by atoms with Crippen molar-refractivity contribution in [2.24, 2.45) is 0 Å². The summed E-state index contributed by atoms with van der Waals surface area (Å²) >= 11 is 0.316. The Labute approximate surface area is 144 Å². The van der Waals surface area contributed by atoms with Crippen molar-refractivity contribution in [2.45, 2.75) is 127 Å². The van der Waals surface area contributed by atoms with Gasteiger partial charge in [0, 0.05) is 1.43 Å². The molecular weight excluding hydrogens is 267 g/mol. The van der Waals surface area contributed by atoms with Gasteiger partial charge in [0.1, 0.15) is 0 Å². The lowest BCUT2D eigenvalue weighted by atomic mass is 10.1. The molecule has 0 aliphatic heterocycles. The third kappa shape index (κ3) is 20.5. The summed E-state index contributed by atoms with van der Waals surface area (Å²) in [6.07, 6.45) is 23.8. The lowest BCUT2D eigenvalue weighted by molar-refractivity contribution is 0.582. The van der Waals surface area contributed by atoms with Crippen molar-refractivity contribution in [3.8, 4) is 0 Å². The Bertz CT molecular complexity index is 155. The molecule has 0 bridgehead atoms. The second kappa shape index (κ2) is 20.5. The fourth-order valence-corrected chi connectivity index (χ4v) is 4.92. The number of unbranched alkanes of at least 4 members (excludes halogenated alkanes) is 14. The Morgan fingerprint density at radius 1 is 0.429 bits per heavy atom. The Kier molecular flexibility index (Phi) is 21.1. The summed E-state index contributed by atoms with van der Waals surface area (Å²) in [7, 11) is 0. The summed E-state index contributed by atoms with van der Waals surface area (Å²) in [6, 6.07) is 0. The molecule has 0 aliphatic carbocycles. The maximum atomic E-state index is 2.30. The van der Waals surface area contributed by atoms with Crippen molar-refractivity contribution >= 4 is 15.2 Å². The van der Waals surface area contributed by atoms with E-state index in [9.17, 15) is 0 Å². The van der Waals surface area contributed by atoms with Crippen molar-refractivity contribution in [1.82, 2.24) is 0 Å². The molecular formula is C20H45Al. The predicted octanol–water partition coefficient (Wildman–Crippen LogP) is 7.79. The standard InChI is InChI=1S/2C10H21.Al.H2.H/c2*1-3-5-7-9-10-8-6-4-2;;;/h2*1,3-10H2,2H3;;1H;. The minimum atomic E-state index is 0. The molecule has 0 atom stereocenters. The predicted molar refractivity (Wildman–Crippen MR) is 104 cm³/mol. The van der Waals surface area contributed by atoms with Crippen LogP contribution in [0.4, 0.5) is 0 Å². The third-order valence-electron chi connectivity index (χ3n) is 4.71. The first-order valence-electron chi connectivity index (χ1n) is 10.4. The maximum absolute atomic E-state index is 2.30. The van der Waals surface area contributed by atoms with E-state index in [1.807, 2.05) is 0 Å². The molecule has 0 aromatic rings. The van der Waals surface area contributed by atoms with E-state index in [1.54, 1.807) is 23.4 Å². The molecule has 0 rings (SSSR count). The van der Waals surface area contributed by atoms with Crippen LogP contribution in [0.2, 0.25) is 10.6 Å². The number of hydrogen-bond acceptors (Lipinski definition) is 0. The monoisotopic (exact) mass is 312 g/mol.